The van der Waals surface area contributed by atoms with E-state index in [4.69, 9.17) is 23.2 Å². The Labute approximate surface area is 127 Å². The number of pyridine rings is 1. The van der Waals surface area contributed by atoms with E-state index >= 15 is 0 Å². The monoisotopic (exact) mass is 314 g/mol. The van der Waals surface area contributed by atoms with Gasteiger partial charge in [-0.15, -0.1) is 11.6 Å². The molecule has 0 radical (unpaired) electrons. The molecule has 108 valence electrons. The largest absolute Gasteiger partial charge is 0.356 e. The molecular weight excluding hydrogens is 299 g/mol. The molecule has 0 spiro atoms. The number of hydrogen-bond acceptors (Lipinski definition) is 3. The predicted molar refractivity (Wildman–Crippen MR) is 80.0 cm³/mol. The van der Waals surface area contributed by atoms with Gasteiger partial charge in [-0.05, 0) is 12.5 Å². The highest BCUT2D eigenvalue weighted by molar-refractivity contribution is 6.31. The van der Waals surface area contributed by atoms with Crippen LogP contribution in [0.3, 0.4) is 0 Å². The van der Waals surface area contributed by atoms with Gasteiger partial charge in [0.25, 0.3) is 0 Å². The fraction of sp³-hybridized carbons (Fsp3) is 0.462. The van der Waals surface area contributed by atoms with Crippen LogP contribution in [0.25, 0.3) is 11.2 Å². The minimum Gasteiger partial charge on any atom is -0.356 e. The standard InChI is InChI=1S/C13H16Cl2N4O/c1-2-4-16-12(20)3-5-19-11(7-14)18-10-6-9(15)8-17-13(10)19/h6,8H,2-5,7H2,1H3,(H,16,20). The Morgan fingerprint density at radius 2 is 2.30 bits per heavy atom. The fourth-order valence-electron chi connectivity index (χ4n) is 1.94. The number of carbonyl (C=O) groups is 1. The lowest BCUT2D eigenvalue weighted by atomic mass is 10.3. The molecule has 0 aliphatic heterocycles. The number of carbonyl (C=O) groups excluding carboxylic acids is 1. The van der Waals surface area contributed by atoms with Gasteiger partial charge in [0.1, 0.15) is 11.3 Å². The van der Waals surface area contributed by atoms with Crippen molar-refractivity contribution >= 4 is 40.3 Å². The lowest BCUT2D eigenvalue weighted by Gasteiger charge is -2.07. The third-order valence-corrected chi connectivity index (χ3v) is 3.33. The second kappa shape index (κ2) is 6.90. The molecule has 1 N–H and O–H groups in total. The molecule has 0 atom stereocenters. The van der Waals surface area contributed by atoms with Crippen LogP contribution in [0.1, 0.15) is 25.6 Å². The molecule has 0 bridgehead atoms. The molecule has 0 aliphatic rings. The van der Waals surface area contributed by atoms with Gasteiger partial charge in [-0.3, -0.25) is 4.79 Å². The van der Waals surface area contributed by atoms with Crippen molar-refractivity contribution in [1.29, 1.82) is 0 Å². The number of imidazole rings is 1. The zero-order valence-electron chi connectivity index (χ0n) is 11.2. The number of amides is 1. The van der Waals surface area contributed by atoms with E-state index in [1.54, 1.807) is 12.3 Å². The normalized spacial score (nSPS) is 10.9. The molecule has 20 heavy (non-hydrogen) atoms. The molecular formula is C13H16Cl2N4O. The highest BCUT2D eigenvalue weighted by Crippen LogP contribution is 2.19. The number of alkyl halides is 1. The Bertz CT molecular complexity index is 612. The maximum absolute atomic E-state index is 11.7. The Morgan fingerprint density at radius 3 is 3.00 bits per heavy atom. The second-order valence-electron chi connectivity index (χ2n) is 4.41. The number of nitrogens with one attached hydrogen (secondary N) is 1. The number of rotatable bonds is 6. The molecule has 5 nitrogen and oxygen atoms in total. The van der Waals surface area contributed by atoms with Crippen molar-refractivity contribution in [3.05, 3.63) is 23.1 Å². The van der Waals surface area contributed by atoms with E-state index in [1.807, 2.05) is 11.5 Å². The number of fused-ring (bicyclic) bond motifs is 1. The summed E-state index contributed by atoms with van der Waals surface area (Å²) in [4.78, 5) is 20.3. The molecule has 0 fully saturated rings. The quantitative estimate of drug-likeness (QED) is 0.834. The predicted octanol–water partition coefficient (Wildman–Crippen LogP) is 2.74. The van der Waals surface area contributed by atoms with Crippen molar-refractivity contribution in [2.75, 3.05) is 6.54 Å². The number of nitrogens with zero attached hydrogens (tertiary/aromatic N) is 3. The van der Waals surface area contributed by atoms with E-state index in [0.717, 1.165) is 6.42 Å². The van der Waals surface area contributed by atoms with Crippen LogP contribution in [0, 0.1) is 0 Å². The summed E-state index contributed by atoms with van der Waals surface area (Å²) in [5, 5.41) is 3.37. The zero-order chi connectivity index (χ0) is 14.5. The number of aromatic nitrogens is 3. The van der Waals surface area contributed by atoms with E-state index in [9.17, 15) is 4.79 Å². The number of halogens is 2. The summed E-state index contributed by atoms with van der Waals surface area (Å²) in [6.45, 7) is 3.21. The molecule has 0 unspecified atom stereocenters. The first-order valence-electron chi connectivity index (χ1n) is 6.49. The summed E-state index contributed by atoms with van der Waals surface area (Å²) >= 11 is 11.8. The highest BCUT2D eigenvalue weighted by Gasteiger charge is 2.12. The molecule has 0 saturated carbocycles. The van der Waals surface area contributed by atoms with Gasteiger partial charge in [0.15, 0.2) is 5.65 Å². The Morgan fingerprint density at radius 1 is 1.50 bits per heavy atom. The van der Waals surface area contributed by atoms with Crippen LogP contribution in [0.5, 0.6) is 0 Å². The summed E-state index contributed by atoms with van der Waals surface area (Å²) in [7, 11) is 0. The lowest BCUT2D eigenvalue weighted by molar-refractivity contribution is -0.121. The van der Waals surface area contributed by atoms with Gasteiger partial charge in [0.2, 0.25) is 5.91 Å². The van der Waals surface area contributed by atoms with Gasteiger partial charge in [0.05, 0.1) is 10.9 Å². The van der Waals surface area contributed by atoms with Crippen molar-refractivity contribution in [2.45, 2.75) is 32.2 Å². The van der Waals surface area contributed by atoms with Gasteiger partial charge in [0, 0.05) is 25.7 Å². The van der Waals surface area contributed by atoms with Crippen LogP contribution in [0.15, 0.2) is 12.3 Å². The molecule has 0 aliphatic carbocycles. The Hall–Kier alpha value is -1.33. The molecule has 2 aromatic heterocycles. The second-order valence-corrected chi connectivity index (χ2v) is 5.11. The Balaban J connectivity index is 2.18. The summed E-state index contributed by atoms with van der Waals surface area (Å²) in [5.41, 5.74) is 1.40. The van der Waals surface area contributed by atoms with E-state index in [1.165, 1.54) is 0 Å². The van der Waals surface area contributed by atoms with E-state index < -0.39 is 0 Å². The maximum Gasteiger partial charge on any atom is 0.221 e. The molecule has 0 saturated heterocycles. The summed E-state index contributed by atoms with van der Waals surface area (Å²) in [6, 6.07) is 1.74. The summed E-state index contributed by atoms with van der Waals surface area (Å²) < 4.78 is 1.87. The van der Waals surface area contributed by atoms with Gasteiger partial charge in [-0.25, -0.2) is 9.97 Å². The van der Waals surface area contributed by atoms with Crippen molar-refractivity contribution < 1.29 is 4.79 Å². The van der Waals surface area contributed by atoms with Gasteiger partial charge in [-0.2, -0.15) is 0 Å². The minimum absolute atomic E-state index is 0.0168. The summed E-state index contributed by atoms with van der Waals surface area (Å²) in [5.74, 6) is 0.979. The fourth-order valence-corrected chi connectivity index (χ4v) is 2.29. The summed E-state index contributed by atoms with van der Waals surface area (Å²) in [6.07, 6.45) is 2.86. The van der Waals surface area contributed by atoms with Crippen LogP contribution in [-0.2, 0) is 17.2 Å². The van der Waals surface area contributed by atoms with Crippen molar-refractivity contribution in [3.63, 3.8) is 0 Å². The van der Waals surface area contributed by atoms with E-state index in [-0.39, 0.29) is 11.8 Å². The van der Waals surface area contributed by atoms with Gasteiger partial charge < -0.3 is 9.88 Å². The van der Waals surface area contributed by atoms with Crippen LogP contribution in [-0.4, -0.2) is 27.0 Å². The molecule has 1 amide bonds. The lowest BCUT2D eigenvalue weighted by Crippen LogP contribution is -2.25. The molecule has 0 aromatic carbocycles. The third-order valence-electron chi connectivity index (χ3n) is 2.88. The third kappa shape index (κ3) is 3.41. The average molecular weight is 315 g/mol. The van der Waals surface area contributed by atoms with Crippen molar-refractivity contribution in [2.24, 2.45) is 0 Å². The number of aryl methyl sites for hydroxylation is 1. The maximum atomic E-state index is 11.7. The molecule has 7 heteroatoms. The van der Waals surface area contributed by atoms with E-state index in [2.05, 4.69) is 15.3 Å². The zero-order valence-corrected chi connectivity index (χ0v) is 12.7. The first kappa shape index (κ1) is 15.1. The number of hydrogen-bond donors (Lipinski definition) is 1. The Kier molecular flexibility index (Phi) is 5.20. The molecule has 2 heterocycles. The minimum atomic E-state index is 0.0168. The molecule has 2 aromatic rings. The first-order chi connectivity index (χ1) is 9.65. The van der Waals surface area contributed by atoms with Crippen LogP contribution in [0.4, 0.5) is 0 Å². The van der Waals surface area contributed by atoms with Crippen LogP contribution in [0.2, 0.25) is 5.02 Å². The van der Waals surface area contributed by atoms with Crippen molar-refractivity contribution in [3.8, 4) is 0 Å². The van der Waals surface area contributed by atoms with Gasteiger partial charge >= 0.3 is 0 Å². The van der Waals surface area contributed by atoms with E-state index in [0.29, 0.717) is 41.5 Å². The van der Waals surface area contributed by atoms with Crippen molar-refractivity contribution in [1.82, 2.24) is 19.9 Å². The average Bonchev–Trinajstić information content (AvgIpc) is 2.79. The van der Waals surface area contributed by atoms with Gasteiger partial charge in [-0.1, -0.05) is 18.5 Å². The van der Waals surface area contributed by atoms with Crippen LogP contribution < -0.4 is 5.32 Å². The molecule has 2 rings (SSSR count). The van der Waals surface area contributed by atoms with Crippen LogP contribution >= 0.6 is 23.2 Å². The SMILES string of the molecule is CCCNC(=O)CCn1c(CCl)nc2cc(Cl)cnc21. The first-order valence-corrected chi connectivity index (χ1v) is 7.40. The highest BCUT2D eigenvalue weighted by atomic mass is 35.5. The smallest absolute Gasteiger partial charge is 0.221 e. The topological polar surface area (TPSA) is 59.8 Å².